The van der Waals surface area contributed by atoms with Crippen LogP contribution < -0.4 is 9.83 Å². The average molecular weight is 214 g/mol. The number of nitrogens with one attached hydrogen (secondary N) is 1. The Balaban J connectivity index is 2.74. The van der Waals surface area contributed by atoms with Gasteiger partial charge in [0.1, 0.15) is 6.09 Å². The Bertz CT molecular complexity index is 412. The normalized spacial score (nSPS) is 10.9. The number of hydrogen-bond donors (Lipinski definition) is 1. The molecule has 0 saturated heterocycles. The molecule has 0 bridgehead atoms. The van der Waals surface area contributed by atoms with Gasteiger partial charge in [-0.15, -0.1) is 0 Å². The molecule has 1 amide bonds. The van der Waals surface area contributed by atoms with Gasteiger partial charge < -0.3 is 9.90 Å². The number of rotatable bonds is 3. The zero-order valence-corrected chi connectivity index (χ0v) is 7.95. The molecule has 1 N–H and O–H groups in total. The number of carbonyl (C=O) groups excluding carboxylic acids is 1. The van der Waals surface area contributed by atoms with Gasteiger partial charge in [-0.1, -0.05) is 30.3 Å². The number of carbonyl (C=O) groups is 1. The molecule has 76 valence electrons. The van der Waals surface area contributed by atoms with E-state index in [0.717, 1.165) is 0 Å². The van der Waals surface area contributed by atoms with Crippen molar-refractivity contribution >= 4 is 16.1 Å². The third-order valence-electron chi connectivity index (χ3n) is 1.44. The highest BCUT2D eigenvalue weighted by molar-refractivity contribution is 7.89. The molecule has 0 heterocycles. The summed E-state index contributed by atoms with van der Waals surface area (Å²) in [5.74, 6) is -0.373. The monoisotopic (exact) mass is 214 g/mol. The summed E-state index contributed by atoms with van der Waals surface area (Å²) in [5.41, 5.74) is 0.515. The second-order valence-corrected chi connectivity index (χ2v) is 4.36. The third-order valence-corrected chi connectivity index (χ3v) is 2.63. The van der Waals surface area contributed by atoms with Crippen molar-refractivity contribution in [1.82, 2.24) is 4.72 Å². The first-order valence-corrected chi connectivity index (χ1v) is 5.40. The predicted octanol–water partition coefficient (Wildman–Crippen LogP) is -0.551. The van der Waals surface area contributed by atoms with Crippen molar-refractivity contribution in [1.29, 1.82) is 0 Å². The van der Waals surface area contributed by atoms with Crippen LogP contribution in [0, 0.1) is 0 Å². The molecular weight excluding hydrogens is 206 g/mol. The second kappa shape index (κ2) is 4.10. The molecule has 5 nitrogen and oxygen atoms in total. The fraction of sp³-hybridized carbons (Fsp3) is 0.125. The van der Waals surface area contributed by atoms with Crippen LogP contribution in [0.4, 0.5) is 4.79 Å². The van der Waals surface area contributed by atoms with E-state index in [-0.39, 0.29) is 5.75 Å². The smallest absolute Gasteiger partial charge is 0.237 e. The largest absolute Gasteiger partial charge is 0.529 e. The van der Waals surface area contributed by atoms with Crippen molar-refractivity contribution in [3.05, 3.63) is 35.9 Å². The maximum atomic E-state index is 11.1. The van der Waals surface area contributed by atoms with Crippen LogP contribution in [-0.2, 0) is 15.8 Å². The summed E-state index contributed by atoms with van der Waals surface area (Å²) < 4.78 is 23.5. The first-order valence-electron chi connectivity index (χ1n) is 3.75. The molecule has 0 aromatic heterocycles. The average Bonchev–Trinajstić information content (AvgIpc) is 2.02. The van der Waals surface area contributed by atoms with Gasteiger partial charge in [0.2, 0.25) is 10.0 Å². The van der Waals surface area contributed by atoms with Crippen LogP contribution >= 0.6 is 0 Å². The van der Waals surface area contributed by atoms with Crippen molar-refractivity contribution in [2.75, 3.05) is 0 Å². The highest BCUT2D eigenvalue weighted by Gasteiger charge is 2.10. The molecule has 6 heteroatoms. The maximum absolute atomic E-state index is 11.1. The molecule has 1 aromatic rings. The summed E-state index contributed by atoms with van der Waals surface area (Å²) in [7, 11) is -3.85. The molecule has 0 fully saturated rings. The summed E-state index contributed by atoms with van der Waals surface area (Å²) in [6.45, 7) is 0. The Morgan fingerprint density at radius 2 is 1.86 bits per heavy atom. The molecule has 0 saturated carbocycles. The lowest BCUT2D eigenvalue weighted by atomic mass is 10.2. The lowest BCUT2D eigenvalue weighted by Crippen LogP contribution is -2.41. The van der Waals surface area contributed by atoms with Crippen LogP contribution in [0.3, 0.4) is 0 Å². The summed E-state index contributed by atoms with van der Waals surface area (Å²) in [5, 5.41) is 10.0. The van der Waals surface area contributed by atoms with E-state index in [0.29, 0.717) is 5.56 Å². The standard InChI is InChI=1S/C8H9NO4S/c10-8(11)9-14(12,13)6-7-4-2-1-3-5-7/h1-5,9H,6H2,(H,10,11)/p-1. The van der Waals surface area contributed by atoms with Crippen molar-refractivity contribution in [2.24, 2.45) is 0 Å². The van der Waals surface area contributed by atoms with Crippen LogP contribution in [0.1, 0.15) is 5.56 Å². The lowest BCUT2D eigenvalue weighted by Gasteiger charge is -2.07. The molecule has 0 radical (unpaired) electrons. The van der Waals surface area contributed by atoms with Crippen molar-refractivity contribution < 1.29 is 18.3 Å². The van der Waals surface area contributed by atoms with Gasteiger partial charge in [0, 0.05) is 0 Å². The number of hydrogen-bond acceptors (Lipinski definition) is 4. The first-order chi connectivity index (χ1) is 6.49. The van der Waals surface area contributed by atoms with Crippen molar-refractivity contribution in [2.45, 2.75) is 5.75 Å². The lowest BCUT2D eigenvalue weighted by molar-refractivity contribution is -0.248. The molecule has 0 spiro atoms. The van der Waals surface area contributed by atoms with Crippen molar-refractivity contribution in [3.63, 3.8) is 0 Å². The second-order valence-electron chi connectivity index (χ2n) is 2.63. The highest BCUT2D eigenvalue weighted by atomic mass is 32.2. The zero-order chi connectivity index (χ0) is 10.6. The van der Waals surface area contributed by atoms with E-state index in [1.54, 1.807) is 30.3 Å². The summed E-state index contributed by atoms with van der Waals surface area (Å²) >= 11 is 0. The molecule has 0 unspecified atom stereocenters. The minimum atomic E-state index is -3.85. The van der Waals surface area contributed by atoms with Crippen LogP contribution in [0.5, 0.6) is 0 Å². The Morgan fingerprint density at radius 3 is 2.36 bits per heavy atom. The minimum absolute atomic E-state index is 0.373. The van der Waals surface area contributed by atoms with Crippen LogP contribution in [-0.4, -0.2) is 14.5 Å². The van der Waals surface area contributed by atoms with Crippen molar-refractivity contribution in [3.8, 4) is 0 Å². The summed E-state index contributed by atoms with van der Waals surface area (Å²) in [4.78, 5) is 10.0. The number of amides is 1. The quantitative estimate of drug-likeness (QED) is 0.731. The first kappa shape index (κ1) is 10.5. The SMILES string of the molecule is O=C([O-])NS(=O)(=O)Cc1ccccc1. The van der Waals surface area contributed by atoms with E-state index in [1.165, 1.54) is 4.72 Å². The Kier molecular flexibility index (Phi) is 3.08. The molecule has 14 heavy (non-hydrogen) atoms. The van der Waals surface area contributed by atoms with Gasteiger partial charge in [-0.3, -0.25) is 4.72 Å². The van der Waals surface area contributed by atoms with E-state index in [4.69, 9.17) is 0 Å². The van der Waals surface area contributed by atoms with Gasteiger partial charge in [0.05, 0.1) is 5.75 Å². The van der Waals surface area contributed by atoms with Gasteiger partial charge >= 0.3 is 0 Å². The summed E-state index contributed by atoms with van der Waals surface area (Å²) in [6, 6.07) is 8.26. The third kappa shape index (κ3) is 3.44. The number of sulfonamides is 1. The van der Waals surface area contributed by atoms with E-state index < -0.39 is 16.1 Å². The Morgan fingerprint density at radius 1 is 1.29 bits per heavy atom. The Hall–Kier alpha value is -1.56. The van der Waals surface area contributed by atoms with Gasteiger partial charge in [-0.2, -0.15) is 0 Å². The van der Waals surface area contributed by atoms with Crippen LogP contribution in [0.15, 0.2) is 30.3 Å². The highest BCUT2D eigenvalue weighted by Crippen LogP contribution is 2.03. The Labute approximate surface area is 81.4 Å². The van der Waals surface area contributed by atoms with E-state index >= 15 is 0 Å². The van der Waals surface area contributed by atoms with Gasteiger partial charge in [-0.25, -0.2) is 8.42 Å². The summed E-state index contributed by atoms with van der Waals surface area (Å²) in [6.07, 6.45) is -1.82. The van der Waals surface area contributed by atoms with Crippen LogP contribution in [0.25, 0.3) is 0 Å². The predicted molar refractivity (Wildman–Crippen MR) is 47.6 cm³/mol. The molecule has 1 rings (SSSR count). The van der Waals surface area contributed by atoms with Crippen LogP contribution in [0.2, 0.25) is 0 Å². The maximum Gasteiger partial charge on any atom is 0.237 e. The molecule has 0 atom stereocenters. The van der Waals surface area contributed by atoms with Gasteiger partial charge in [0.15, 0.2) is 0 Å². The topological polar surface area (TPSA) is 86.3 Å². The minimum Gasteiger partial charge on any atom is -0.529 e. The zero-order valence-electron chi connectivity index (χ0n) is 7.14. The molecule has 0 aliphatic rings. The van der Waals surface area contributed by atoms with Gasteiger partial charge in [-0.05, 0) is 5.56 Å². The molecular formula is C8H8NO4S-. The van der Waals surface area contributed by atoms with E-state index in [2.05, 4.69) is 0 Å². The van der Waals surface area contributed by atoms with E-state index in [1.807, 2.05) is 0 Å². The fourth-order valence-corrected chi connectivity index (χ4v) is 1.91. The molecule has 0 aliphatic heterocycles. The molecule has 0 aliphatic carbocycles. The van der Waals surface area contributed by atoms with E-state index in [9.17, 15) is 18.3 Å². The number of carboxylic acid groups (broad SMARTS) is 1. The fourth-order valence-electron chi connectivity index (χ4n) is 0.957. The molecule has 1 aromatic carbocycles. The van der Waals surface area contributed by atoms with Gasteiger partial charge in [0.25, 0.3) is 0 Å². The number of benzene rings is 1.